The van der Waals surface area contributed by atoms with Gasteiger partial charge in [0.15, 0.2) is 0 Å². The Kier molecular flexibility index (Phi) is 7.84. The van der Waals surface area contributed by atoms with Crippen molar-refractivity contribution < 1.29 is 14.3 Å². The number of benzene rings is 1. The summed E-state index contributed by atoms with van der Waals surface area (Å²) in [6.45, 7) is 7.73. The maximum Gasteiger partial charge on any atom is 0.256 e. The number of amides is 2. The number of morpholine rings is 1. The standard InChI is InChI=1S/C31H36N6O4/c1-21-4-2-6-28(32-21)34-31(40)23-8-9-27(25(17-23)33-29(38)10-11-35-12-14-41-15-13-35)36-18-22-16-24(20-36)26-5-3-7-30(39)37(26)19-22/h2-9,17,22,24H,10-16,18-20H2,1H3,(H,33,38)(H,32,34,40). The Hall–Kier alpha value is -4.02. The average Bonchev–Trinajstić information content (AvgIpc) is 2.97. The van der Waals surface area contributed by atoms with Crippen LogP contribution in [-0.4, -0.2) is 72.2 Å². The van der Waals surface area contributed by atoms with E-state index in [0.717, 1.165) is 49.7 Å². The highest BCUT2D eigenvalue weighted by atomic mass is 16.5. The quantitative estimate of drug-likeness (QED) is 0.460. The van der Waals surface area contributed by atoms with Gasteiger partial charge in [-0.05, 0) is 55.7 Å². The van der Waals surface area contributed by atoms with Crippen LogP contribution in [0.2, 0.25) is 0 Å². The number of carbonyl (C=O) groups is 2. The van der Waals surface area contributed by atoms with E-state index < -0.39 is 0 Å². The number of nitrogens with one attached hydrogen (secondary N) is 2. The SMILES string of the molecule is Cc1cccc(NC(=O)c2ccc(N3CC4CC(C3)c3cccc(=O)n3C4)c(NC(=O)CCN3CCOCC3)c2)n1. The van der Waals surface area contributed by atoms with Crippen molar-refractivity contribution in [2.75, 3.05) is 61.5 Å². The van der Waals surface area contributed by atoms with Crippen molar-refractivity contribution in [1.29, 1.82) is 0 Å². The Balaban J connectivity index is 1.25. The summed E-state index contributed by atoms with van der Waals surface area (Å²) in [5.74, 6) is 0.637. The highest BCUT2D eigenvalue weighted by Gasteiger charge is 2.35. The van der Waals surface area contributed by atoms with Gasteiger partial charge in [0.05, 0.1) is 24.6 Å². The molecule has 0 aliphatic carbocycles. The van der Waals surface area contributed by atoms with E-state index in [2.05, 4.69) is 25.4 Å². The molecule has 2 aromatic heterocycles. The second-order valence-electron chi connectivity index (χ2n) is 11.2. The minimum absolute atomic E-state index is 0.0531. The van der Waals surface area contributed by atoms with Gasteiger partial charge in [0, 0.05) is 74.6 Å². The van der Waals surface area contributed by atoms with Crippen molar-refractivity contribution in [1.82, 2.24) is 14.5 Å². The predicted molar refractivity (Wildman–Crippen MR) is 158 cm³/mol. The van der Waals surface area contributed by atoms with E-state index in [9.17, 15) is 14.4 Å². The van der Waals surface area contributed by atoms with E-state index in [1.807, 2.05) is 41.8 Å². The van der Waals surface area contributed by atoms with Crippen molar-refractivity contribution in [3.63, 3.8) is 0 Å². The summed E-state index contributed by atoms with van der Waals surface area (Å²) in [5, 5.41) is 5.99. The van der Waals surface area contributed by atoms with Crippen LogP contribution in [0.1, 0.15) is 40.5 Å². The van der Waals surface area contributed by atoms with Crippen LogP contribution in [0, 0.1) is 12.8 Å². The number of piperidine rings is 1. The fraction of sp³-hybridized carbons (Fsp3) is 0.419. The third-order valence-corrected chi connectivity index (χ3v) is 8.24. The topological polar surface area (TPSA) is 109 Å². The monoisotopic (exact) mass is 556 g/mol. The molecule has 214 valence electrons. The molecule has 6 rings (SSSR count). The minimum atomic E-state index is -0.290. The van der Waals surface area contributed by atoms with Crippen molar-refractivity contribution in [3.8, 4) is 0 Å². The van der Waals surface area contributed by atoms with Gasteiger partial charge >= 0.3 is 0 Å². The number of pyridine rings is 2. The van der Waals surface area contributed by atoms with Crippen LogP contribution in [0.3, 0.4) is 0 Å². The summed E-state index contributed by atoms with van der Waals surface area (Å²) < 4.78 is 7.33. The second-order valence-corrected chi connectivity index (χ2v) is 11.2. The summed E-state index contributed by atoms with van der Waals surface area (Å²) in [6.07, 6.45) is 1.38. The maximum absolute atomic E-state index is 13.2. The molecule has 1 aromatic carbocycles. The molecule has 2 unspecified atom stereocenters. The molecule has 5 heterocycles. The third-order valence-electron chi connectivity index (χ3n) is 8.24. The van der Waals surface area contributed by atoms with Crippen molar-refractivity contribution >= 4 is 29.0 Å². The second kappa shape index (κ2) is 11.8. The number of carbonyl (C=O) groups excluding carboxylic acids is 2. The molecular weight excluding hydrogens is 520 g/mol. The van der Waals surface area contributed by atoms with Gasteiger partial charge < -0.3 is 24.8 Å². The summed E-state index contributed by atoms with van der Waals surface area (Å²) in [5.41, 5.74) is 3.87. The van der Waals surface area contributed by atoms with Crippen LogP contribution in [0.15, 0.2) is 59.4 Å². The number of hydrogen-bond donors (Lipinski definition) is 2. The van der Waals surface area contributed by atoms with Crippen molar-refractivity contribution in [2.24, 2.45) is 5.92 Å². The third kappa shape index (κ3) is 6.18. The van der Waals surface area contributed by atoms with E-state index in [0.29, 0.717) is 55.7 Å². The van der Waals surface area contributed by atoms with E-state index >= 15 is 0 Å². The predicted octanol–water partition coefficient (Wildman–Crippen LogP) is 3.09. The number of nitrogens with zero attached hydrogens (tertiary/aromatic N) is 4. The zero-order valence-electron chi connectivity index (χ0n) is 23.3. The molecule has 41 heavy (non-hydrogen) atoms. The number of fused-ring (bicyclic) bond motifs is 4. The molecule has 2 saturated heterocycles. The number of anilines is 3. The molecule has 10 nitrogen and oxygen atoms in total. The van der Waals surface area contributed by atoms with Gasteiger partial charge in [0.1, 0.15) is 5.82 Å². The van der Waals surface area contributed by atoms with Crippen LogP contribution in [0.4, 0.5) is 17.2 Å². The van der Waals surface area contributed by atoms with Crippen LogP contribution >= 0.6 is 0 Å². The smallest absolute Gasteiger partial charge is 0.256 e. The first-order chi connectivity index (χ1) is 19.9. The van der Waals surface area contributed by atoms with Crippen LogP contribution < -0.4 is 21.1 Å². The lowest BCUT2D eigenvalue weighted by atomic mass is 9.83. The molecule has 2 amide bonds. The number of aromatic nitrogens is 2. The van der Waals surface area contributed by atoms with E-state index in [4.69, 9.17) is 4.74 Å². The Labute approximate surface area is 239 Å². The van der Waals surface area contributed by atoms with Gasteiger partial charge in [-0.2, -0.15) is 0 Å². The van der Waals surface area contributed by atoms with Gasteiger partial charge in [-0.1, -0.05) is 12.1 Å². The van der Waals surface area contributed by atoms with E-state index in [1.54, 1.807) is 24.3 Å². The summed E-state index contributed by atoms with van der Waals surface area (Å²) in [7, 11) is 0. The molecule has 3 aromatic rings. The largest absolute Gasteiger partial charge is 0.379 e. The Bertz CT molecular complexity index is 1500. The molecular formula is C31H36N6O4. The maximum atomic E-state index is 13.2. The molecule has 0 spiro atoms. The summed E-state index contributed by atoms with van der Waals surface area (Å²) in [6, 6.07) is 16.5. The number of aryl methyl sites for hydroxylation is 1. The van der Waals surface area contributed by atoms with E-state index in [-0.39, 0.29) is 23.3 Å². The van der Waals surface area contributed by atoms with Crippen LogP contribution in [-0.2, 0) is 16.1 Å². The molecule has 3 aliphatic rings. The Morgan fingerprint density at radius 3 is 2.66 bits per heavy atom. The Morgan fingerprint density at radius 2 is 1.83 bits per heavy atom. The van der Waals surface area contributed by atoms with Crippen molar-refractivity contribution in [2.45, 2.75) is 32.2 Å². The first-order valence-corrected chi connectivity index (χ1v) is 14.4. The number of hydrogen-bond acceptors (Lipinski definition) is 7. The van der Waals surface area contributed by atoms with Crippen molar-refractivity contribution in [3.05, 3.63) is 81.9 Å². The highest BCUT2D eigenvalue weighted by Crippen LogP contribution is 2.39. The minimum Gasteiger partial charge on any atom is -0.379 e. The first kappa shape index (κ1) is 27.2. The molecule has 2 atom stereocenters. The van der Waals surface area contributed by atoms with Gasteiger partial charge in [-0.25, -0.2) is 4.98 Å². The lowest BCUT2D eigenvalue weighted by Crippen LogP contribution is -2.47. The molecule has 3 aliphatic heterocycles. The zero-order valence-corrected chi connectivity index (χ0v) is 23.3. The zero-order chi connectivity index (χ0) is 28.3. The number of rotatable bonds is 7. The normalized spacial score (nSPS) is 20.3. The molecule has 10 heteroatoms. The lowest BCUT2D eigenvalue weighted by Gasteiger charge is -2.44. The fourth-order valence-electron chi connectivity index (χ4n) is 6.24. The summed E-state index contributed by atoms with van der Waals surface area (Å²) in [4.78, 5) is 47.7. The van der Waals surface area contributed by atoms with Gasteiger partial charge in [0.2, 0.25) is 5.91 Å². The van der Waals surface area contributed by atoms with Crippen LogP contribution in [0.5, 0.6) is 0 Å². The number of ether oxygens (including phenoxy) is 1. The molecule has 2 bridgehead atoms. The van der Waals surface area contributed by atoms with Gasteiger partial charge in [-0.15, -0.1) is 0 Å². The molecule has 2 fully saturated rings. The first-order valence-electron chi connectivity index (χ1n) is 14.4. The van der Waals surface area contributed by atoms with Gasteiger partial charge in [0.25, 0.3) is 11.5 Å². The Morgan fingerprint density at radius 1 is 1.00 bits per heavy atom. The van der Waals surface area contributed by atoms with Crippen LogP contribution in [0.25, 0.3) is 0 Å². The fourth-order valence-corrected chi connectivity index (χ4v) is 6.24. The highest BCUT2D eigenvalue weighted by molar-refractivity contribution is 6.06. The molecule has 2 N–H and O–H groups in total. The average molecular weight is 557 g/mol. The molecule has 0 saturated carbocycles. The lowest BCUT2D eigenvalue weighted by molar-refractivity contribution is -0.116. The van der Waals surface area contributed by atoms with Gasteiger partial charge in [-0.3, -0.25) is 19.3 Å². The van der Waals surface area contributed by atoms with E-state index in [1.165, 1.54) is 0 Å². The summed E-state index contributed by atoms with van der Waals surface area (Å²) >= 11 is 0. The molecule has 0 radical (unpaired) electrons.